The molecule has 0 aliphatic carbocycles. The molecule has 228 valence electrons. The van der Waals surface area contributed by atoms with Gasteiger partial charge in [0.15, 0.2) is 6.10 Å². The second kappa shape index (κ2) is 17.1. The molecule has 0 radical (unpaired) electrons. The minimum Gasteiger partial charge on any atom is -0.481 e. The third-order valence-corrected chi connectivity index (χ3v) is 7.74. The maximum Gasteiger partial charge on any atom is 0.414 e. The number of aromatic nitrogens is 1. The minimum atomic E-state index is -4.39. The number of alkyl halides is 3. The van der Waals surface area contributed by atoms with Crippen LogP contribution in [0, 0.1) is 0 Å². The number of benzene rings is 2. The molecule has 0 aliphatic rings. The number of unbranched alkanes of at least 4 members (excludes halogenated alkanes) is 4. The van der Waals surface area contributed by atoms with Crippen molar-refractivity contribution in [1.82, 2.24) is 4.98 Å². The number of nitrogens with zero attached hydrogens (tertiary/aromatic N) is 1. The first-order valence-corrected chi connectivity index (χ1v) is 15.2. The predicted molar refractivity (Wildman–Crippen MR) is 163 cm³/mol. The van der Waals surface area contributed by atoms with Crippen LogP contribution in [0.2, 0.25) is 0 Å². The molecule has 0 saturated heterocycles. The second-order valence-corrected chi connectivity index (χ2v) is 11.1. The van der Waals surface area contributed by atoms with Gasteiger partial charge in [-0.05, 0) is 85.8 Å². The van der Waals surface area contributed by atoms with E-state index in [1.165, 1.54) is 31.2 Å². The number of hydrogen-bond acceptors (Lipinski definition) is 3. The van der Waals surface area contributed by atoms with Crippen LogP contribution >= 0.6 is 0 Å². The average Bonchev–Trinajstić information content (AvgIpc) is 2.98. The van der Waals surface area contributed by atoms with E-state index in [4.69, 9.17) is 9.72 Å². The Morgan fingerprint density at radius 1 is 0.905 bits per heavy atom. The third kappa shape index (κ3) is 10.9. The Bertz CT molecular complexity index is 1210. The van der Waals surface area contributed by atoms with Crippen LogP contribution in [0.15, 0.2) is 66.9 Å². The van der Waals surface area contributed by atoms with E-state index in [-0.39, 0.29) is 18.9 Å². The highest BCUT2D eigenvalue weighted by Gasteiger charge is 2.36. The van der Waals surface area contributed by atoms with Crippen LogP contribution in [-0.2, 0) is 16.0 Å². The number of hydrogen-bond donors (Lipinski definition) is 1. The molecular weight excluding hydrogens is 539 g/mol. The van der Waals surface area contributed by atoms with Gasteiger partial charge in [-0.25, -0.2) is 0 Å². The van der Waals surface area contributed by atoms with Gasteiger partial charge in [-0.2, -0.15) is 13.2 Å². The second-order valence-electron chi connectivity index (χ2n) is 11.1. The van der Waals surface area contributed by atoms with E-state index in [2.05, 4.69) is 49.4 Å². The molecule has 4 nitrogen and oxygen atoms in total. The van der Waals surface area contributed by atoms with Crippen LogP contribution in [0.5, 0.6) is 0 Å². The zero-order valence-electron chi connectivity index (χ0n) is 24.8. The van der Waals surface area contributed by atoms with Crippen molar-refractivity contribution in [2.45, 2.75) is 103 Å². The van der Waals surface area contributed by atoms with Gasteiger partial charge in [-0.3, -0.25) is 9.78 Å². The maximum absolute atomic E-state index is 12.9. The van der Waals surface area contributed by atoms with E-state index in [9.17, 15) is 23.1 Å². The predicted octanol–water partition coefficient (Wildman–Crippen LogP) is 10.0. The van der Waals surface area contributed by atoms with E-state index in [1.54, 1.807) is 0 Å². The van der Waals surface area contributed by atoms with Gasteiger partial charge >= 0.3 is 12.1 Å². The molecule has 0 saturated carbocycles. The van der Waals surface area contributed by atoms with E-state index in [1.807, 2.05) is 24.4 Å². The highest BCUT2D eigenvalue weighted by Crippen LogP contribution is 2.36. The van der Waals surface area contributed by atoms with E-state index in [0.29, 0.717) is 25.7 Å². The number of aliphatic carboxylic acids is 1. The van der Waals surface area contributed by atoms with Gasteiger partial charge in [-0.15, -0.1) is 0 Å². The number of aryl methyl sites for hydroxylation is 1. The van der Waals surface area contributed by atoms with Crippen molar-refractivity contribution in [3.8, 4) is 22.4 Å². The summed E-state index contributed by atoms with van der Waals surface area (Å²) in [7, 11) is 0. The molecule has 42 heavy (non-hydrogen) atoms. The fourth-order valence-electron chi connectivity index (χ4n) is 5.22. The molecule has 1 aromatic heterocycles. The average molecular weight is 584 g/mol. The molecule has 0 spiro atoms. The summed E-state index contributed by atoms with van der Waals surface area (Å²) in [4.78, 5) is 16.0. The van der Waals surface area contributed by atoms with E-state index >= 15 is 0 Å². The molecule has 2 aromatic carbocycles. The summed E-state index contributed by atoms with van der Waals surface area (Å²) in [6, 6.07) is 20.6. The molecular formula is C35H44F3NO3. The lowest BCUT2D eigenvalue weighted by atomic mass is 9.86. The normalized spacial score (nSPS) is 13.2. The lowest BCUT2D eigenvalue weighted by molar-refractivity contribution is -0.214. The summed E-state index contributed by atoms with van der Waals surface area (Å²) >= 11 is 0. The highest BCUT2D eigenvalue weighted by molar-refractivity contribution is 5.82. The Kier molecular flexibility index (Phi) is 13.5. The lowest BCUT2D eigenvalue weighted by Crippen LogP contribution is -2.28. The van der Waals surface area contributed by atoms with Gasteiger partial charge in [0.2, 0.25) is 0 Å². The number of ether oxygens (including phenoxy) is 1. The van der Waals surface area contributed by atoms with Crippen LogP contribution in [-0.4, -0.2) is 34.9 Å². The molecule has 7 heteroatoms. The standard InChI is InChI=1S/C35H44F3NO3/c1-3-4-5-6-8-13-27-19-22-33(39-25-27)32-24-30(20-21-31(32)29-14-9-7-10-15-29)28(16-11-18-34(40)41)17-12-23-42-26(2)35(36,37)38/h7,9-10,14-15,19-22,24-26,28H,3-6,8,11-13,16-18,23H2,1-2H3,(H,40,41). The van der Waals surface area contributed by atoms with Crippen molar-refractivity contribution < 1.29 is 27.8 Å². The fourth-order valence-corrected chi connectivity index (χ4v) is 5.22. The van der Waals surface area contributed by atoms with E-state index < -0.39 is 18.2 Å². The third-order valence-electron chi connectivity index (χ3n) is 7.74. The van der Waals surface area contributed by atoms with Crippen LogP contribution < -0.4 is 0 Å². The number of rotatable bonds is 18. The van der Waals surface area contributed by atoms with Crippen molar-refractivity contribution in [2.75, 3.05) is 6.61 Å². The van der Waals surface area contributed by atoms with Crippen LogP contribution in [0.3, 0.4) is 0 Å². The van der Waals surface area contributed by atoms with Gasteiger partial charge in [0.25, 0.3) is 0 Å². The summed E-state index contributed by atoms with van der Waals surface area (Å²) in [6.45, 7) is 3.23. The van der Waals surface area contributed by atoms with E-state index in [0.717, 1.165) is 47.7 Å². The van der Waals surface area contributed by atoms with Gasteiger partial charge in [0.05, 0.1) is 5.69 Å². The van der Waals surface area contributed by atoms with Gasteiger partial charge in [-0.1, -0.05) is 81.1 Å². The summed E-state index contributed by atoms with van der Waals surface area (Å²) in [5.41, 5.74) is 6.20. The highest BCUT2D eigenvalue weighted by atomic mass is 19.4. The van der Waals surface area contributed by atoms with Crippen molar-refractivity contribution in [3.05, 3.63) is 78.0 Å². The molecule has 0 amide bonds. The lowest BCUT2D eigenvalue weighted by Gasteiger charge is -2.21. The monoisotopic (exact) mass is 583 g/mol. The Morgan fingerprint density at radius 2 is 1.64 bits per heavy atom. The van der Waals surface area contributed by atoms with Crippen molar-refractivity contribution in [1.29, 1.82) is 0 Å². The Morgan fingerprint density at radius 3 is 2.31 bits per heavy atom. The van der Waals surface area contributed by atoms with Gasteiger partial charge in [0.1, 0.15) is 0 Å². The number of carboxylic acid groups (broad SMARTS) is 1. The first kappa shape index (κ1) is 33.3. The maximum atomic E-state index is 12.9. The van der Waals surface area contributed by atoms with Crippen molar-refractivity contribution in [3.63, 3.8) is 0 Å². The Labute approximate surface area is 248 Å². The molecule has 1 N–H and O–H groups in total. The summed E-state index contributed by atoms with van der Waals surface area (Å²) in [5, 5.41) is 9.18. The molecule has 1 heterocycles. The molecule has 0 fully saturated rings. The fraction of sp³-hybridized carbons (Fsp3) is 0.486. The van der Waals surface area contributed by atoms with Gasteiger partial charge < -0.3 is 9.84 Å². The van der Waals surface area contributed by atoms with Crippen molar-refractivity contribution >= 4 is 5.97 Å². The molecule has 0 bridgehead atoms. The smallest absolute Gasteiger partial charge is 0.414 e. The van der Waals surface area contributed by atoms with Crippen LogP contribution in [0.1, 0.15) is 95.1 Å². The SMILES string of the molecule is CCCCCCCc1ccc(-c2cc(C(CCCOC(C)C(F)(F)F)CCCC(=O)O)ccc2-c2ccccc2)nc1. The molecule has 2 atom stereocenters. The number of halogens is 3. The number of carboxylic acids is 1. The van der Waals surface area contributed by atoms with Crippen molar-refractivity contribution in [2.24, 2.45) is 0 Å². The zero-order chi connectivity index (χ0) is 30.4. The molecule has 3 aromatic rings. The Balaban J connectivity index is 1.85. The molecule has 2 unspecified atom stereocenters. The Hall–Kier alpha value is -3.19. The summed E-state index contributed by atoms with van der Waals surface area (Å²) < 4.78 is 43.6. The van der Waals surface area contributed by atoms with Crippen LogP contribution in [0.4, 0.5) is 13.2 Å². The molecule has 3 rings (SSSR count). The number of pyridine rings is 1. The largest absolute Gasteiger partial charge is 0.481 e. The zero-order valence-corrected chi connectivity index (χ0v) is 24.8. The topological polar surface area (TPSA) is 59.4 Å². The number of carbonyl (C=O) groups is 1. The van der Waals surface area contributed by atoms with Gasteiger partial charge in [0, 0.05) is 24.8 Å². The quantitative estimate of drug-likeness (QED) is 0.151. The summed E-state index contributed by atoms with van der Waals surface area (Å²) in [5.74, 6) is -0.869. The summed E-state index contributed by atoms with van der Waals surface area (Å²) in [6.07, 6.45) is 5.08. The van der Waals surface area contributed by atoms with Crippen LogP contribution in [0.25, 0.3) is 22.4 Å². The molecule has 0 aliphatic heterocycles. The first-order chi connectivity index (χ1) is 20.2. The minimum absolute atomic E-state index is 0.00742. The first-order valence-electron chi connectivity index (χ1n) is 15.2.